The second-order valence-electron chi connectivity index (χ2n) is 2.57. The van der Waals surface area contributed by atoms with E-state index < -0.39 is 29.5 Å². The first kappa shape index (κ1) is 11.9. The van der Waals surface area contributed by atoms with Crippen LogP contribution in [0.3, 0.4) is 0 Å². The average molecular weight is 234 g/mol. The zero-order valence-corrected chi connectivity index (χ0v) is 7.58. The van der Waals surface area contributed by atoms with E-state index in [1.54, 1.807) is 0 Å². The number of aromatic nitrogens is 2. The summed E-state index contributed by atoms with van der Waals surface area (Å²) in [7, 11) is 0. The van der Waals surface area contributed by atoms with E-state index in [-0.39, 0.29) is 0 Å². The van der Waals surface area contributed by atoms with Crippen LogP contribution < -0.4 is 11.1 Å². The molecular formula is C7H5F3N4O2. The Morgan fingerprint density at radius 2 is 1.81 bits per heavy atom. The SMILES string of the molecule is NC(=O)c1nccnc1NC(=O)C(F)(F)F. The Labute approximate surface area is 86.7 Å². The van der Waals surface area contributed by atoms with E-state index in [9.17, 15) is 22.8 Å². The van der Waals surface area contributed by atoms with E-state index in [4.69, 9.17) is 5.73 Å². The third kappa shape index (κ3) is 2.65. The van der Waals surface area contributed by atoms with E-state index in [0.29, 0.717) is 0 Å². The second kappa shape index (κ2) is 4.13. The fourth-order valence-electron chi connectivity index (χ4n) is 0.788. The molecule has 0 saturated heterocycles. The van der Waals surface area contributed by atoms with Gasteiger partial charge in [0.25, 0.3) is 5.91 Å². The molecule has 0 unspecified atom stereocenters. The van der Waals surface area contributed by atoms with Gasteiger partial charge in [-0.1, -0.05) is 0 Å². The maximum absolute atomic E-state index is 11.9. The van der Waals surface area contributed by atoms with E-state index in [0.717, 1.165) is 12.4 Å². The summed E-state index contributed by atoms with van der Waals surface area (Å²) in [6.07, 6.45) is -3.01. The van der Waals surface area contributed by atoms with Gasteiger partial charge in [0.2, 0.25) is 0 Å². The van der Waals surface area contributed by atoms with Gasteiger partial charge in [0.1, 0.15) is 0 Å². The normalized spacial score (nSPS) is 10.9. The lowest BCUT2D eigenvalue weighted by atomic mass is 10.4. The van der Waals surface area contributed by atoms with Gasteiger partial charge in [-0.25, -0.2) is 9.97 Å². The number of nitrogens with two attached hydrogens (primary N) is 1. The van der Waals surface area contributed by atoms with Crippen LogP contribution in [0.15, 0.2) is 12.4 Å². The van der Waals surface area contributed by atoms with Crippen LogP contribution in [-0.4, -0.2) is 28.0 Å². The molecule has 1 heterocycles. The predicted molar refractivity (Wildman–Crippen MR) is 45.2 cm³/mol. The minimum atomic E-state index is -5.08. The number of hydrogen-bond acceptors (Lipinski definition) is 4. The first-order valence-corrected chi connectivity index (χ1v) is 3.81. The highest BCUT2D eigenvalue weighted by Gasteiger charge is 2.39. The molecule has 0 radical (unpaired) electrons. The number of primary amides is 1. The lowest BCUT2D eigenvalue weighted by molar-refractivity contribution is -0.167. The summed E-state index contributed by atoms with van der Waals surface area (Å²) in [5, 5.41) is 1.39. The molecule has 1 aromatic heterocycles. The van der Waals surface area contributed by atoms with Crippen LogP contribution in [0.1, 0.15) is 10.5 Å². The van der Waals surface area contributed by atoms with Gasteiger partial charge in [-0.2, -0.15) is 13.2 Å². The quantitative estimate of drug-likeness (QED) is 0.756. The van der Waals surface area contributed by atoms with E-state index >= 15 is 0 Å². The second-order valence-corrected chi connectivity index (χ2v) is 2.57. The molecular weight excluding hydrogens is 229 g/mol. The van der Waals surface area contributed by atoms with Gasteiger partial charge in [-0.3, -0.25) is 9.59 Å². The van der Waals surface area contributed by atoms with Crippen LogP contribution in [0.5, 0.6) is 0 Å². The lowest BCUT2D eigenvalue weighted by Gasteiger charge is -2.08. The van der Waals surface area contributed by atoms with Gasteiger partial charge >= 0.3 is 12.1 Å². The van der Waals surface area contributed by atoms with E-state index in [1.165, 1.54) is 5.32 Å². The molecule has 0 spiro atoms. The number of amides is 2. The molecule has 0 aromatic carbocycles. The van der Waals surface area contributed by atoms with Crippen molar-refractivity contribution >= 4 is 17.6 Å². The van der Waals surface area contributed by atoms with Crippen LogP contribution in [0.4, 0.5) is 19.0 Å². The molecule has 0 aliphatic heterocycles. The van der Waals surface area contributed by atoms with Gasteiger partial charge in [-0.05, 0) is 0 Å². The van der Waals surface area contributed by atoms with Crippen molar-refractivity contribution in [2.24, 2.45) is 5.73 Å². The van der Waals surface area contributed by atoms with Crippen LogP contribution in [0.2, 0.25) is 0 Å². The summed E-state index contributed by atoms with van der Waals surface area (Å²) < 4.78 is 35.7. The van der Waals surface area contributed by atoms with Crippen molar-refractivity contribution in [1.82, 2.24) is 9.97 Å². The summed E-state index contributed by atoms with van der Waals surface area (Å²) in [5.74, 6) is -3.97. The third-order valence-electron chi connectivity index (χ3n) is 1.42. The van der Waals surface area contributed by atoms with E-state index in [2.05, 4.69) is 9.97 Å². The van der Waals surface area contributed by atoms with Crippen molar-refractivity contribution in [3.05, 3.63) is 18.1 Å². The number of anilines is 1. The Morgan fingerprint density at radius 3 is 2.31 bits per heavy atom. The lowest BCUT2D eigenvalue weighted by Crippen LogP contribution is -2.31. The molecule has 0 fully saturated rings. The fraction of sp³-hybridized carbons (Fsp3) is 0.143. The smallest absolute Gasteiger partial charge is 0.364 e. The zero-order valence-electron chi connectivity index (χ0n) is 7.58. The Bertz CT molecular complexity index is 432. The maximum atomic E-state index is 11.9. The van der Waals surface area contributed by atoms with Crippen molar-refractivity contribution in [2.75, 3.05) is 5.32 Å². The molecule has 0 saturated carbocycles. The number of carbonyl (C=O) groups excluding carboxylic acids is 2. The van der Waals surface area contributed by atoms with Gasteiger partial charge in [0.15, 0.2) is 11.5 Å². The number of nitrogens with one attached hydrogen (secondary N) is 1. The molecule has 0 aliphatic rings. The topological polar surface area (TPSA) is 98.0 Å². The van der Waals surface area contributed by atoms with Gasteiger partial charge in [0, 0.05) is 12.4 Å². The molecule has 16 heavy (non-hydrogen) atoms. The largest absolute Gasteiger partial charge is 0.471 e. The Hall–Kier alpha value is -2.19. The summed E-state index contributed by atoms with van der Waals surface area (Å²) in [4.78, 5) is 28.0. The summed E-state index contributed by atoms with van der Waals surface area (Å²) in [5.41, 5.74) is 4.28. The Kier molecular flexibility index (Phi) is 3.06. The minimum Gasteiger partial charge on any atom is -0.364 e. The number of carbonyl (C=O) groups is 2. The highest BCUT2D eigenvalue weighted by atomic mass is 19.4. The minimum absolute atomic E-state index is 0.542. The zero-order chi connectivity index (χ0) is 12.3. The highest BCUT2D eigenvalue weighted by molar-refractivity contribution is 6.01. The van der Waals surface area contributed by atoms with Crippen molar-refractivity contribution in [3.8, 4) is 0 Å². The van der Waals surface area contributed by atoms with Crippen molar-refractivity contribution in [2.45, 2.75) is 6.18 Å². The summed E-state index contributed by atoms with van der Waals surface area (Å²) in [6, 6.07) is 0. The number of hydrogen-bond donors (Lipinski definition) is 2. The number of halogens is 3. The van der Waals surface area contributed by atoms with Crippen molar-refractivity contribution < 1.29 is 22.8 Å². The van der Waals surface area contributed by atoms with Crippen LogP contribution >= 0.6 is 0 Å². The third-order valence-corrected chi connectivity index (χ3v) is 1.42. The van der Waals surface area contributed by atoms with E-state index in [1.807, 2.05) is 0 Å². The van der Waals surface area contributed by atoms with Gasteiger partial charge < -0.3 is 11.1 Å². The number of rotatable bonds is 2. The molecule has 3 N–H and O–H groups in total. The molecule has 2 amide bonds. The van der Waals surface area contributed by atoms with Gasteiger partial charge in [-0.15, -0.1) is 0 Å². The molecule has 9 heteroatoms. The Morgan fingerprint density at radius 1 is 1.25 bits per heavy atom. The monoisotopic (exact) mass is 234 g/mol. The van der Waals surface area contributed by atoms with Crippen molar-refractivity contribution in [1.29, 1.82) is 0 Å². The number of nitrogens with zero attached hydrogens (tertiary/aromatic N) is 2. The molecule has 0 atom stereocenters. The molecule has 86 valence electrons. The van der Waals surface area contributed by atoms with Crippen LogP contribution in [-0.2, 0) is 4.79 Å². The van der Waals surface area contributed by atoms with Gasteiger partial charge in [0.05, 0.1) is 0 Å². The summed E-state index contributed by atoms with van der Waals surface area (Å²) in [6.45, 7) is 0. The molecule has 0 aliphatic carbocycles. The molecule has 0 bridgehead atoms. The maximum Gasteiger partial charge on any atom is 0.471 e. The molecule has 1 aromatic rings. The Balaban J connectivity index is 2.98. The van der Waals surface area contributed by atoms with Crippen LogP contribution in [0, 0.1) is 0 Å². The molecule has 1 rings (SSSR count). The first-order chi connectivity index (χ1) is 7.32. The standard InChI is InChI=1S/C7H5F3N4O2/c8-7(9,10)6(16)14-5-3(4(11)15)12-1-2-13-5/h1-2H,(H2,11,15)(H,13,14,16). The van der Waals surface area contributed by atoms with Crippen molar-refractivity contribution in [3.63, 3.8) is 0 Å². The molecule has 6 nitrogen and oxygen atoms in total. The average Bonchev–Trinajstić information content (AvgIpc) is 2.16. The van der Waals surface area contributed by atoms with Crippen LogP contribution in [0.25, 0.3) is 0 Å². The fourth-order valence-corrected chi connectivity index (χ4v) is 0.788. The number of alkyl halides is 3. The first-order valence-electron chi connectivity index (χ1n) is 3.81. The highest BCUT2D eigenvalue weighted by Crippen LogP contribution is 2.18. The predicted octanol–water partition coefficient (Wildman–Crippen LogP) is 0.0763. The summed E-state index contributed by atoms with van der Waals surface area (Å²) >= 11 is 0.